The van der Waals surface area contributed by atoms with Gasteiger partial charge in [-0.1, -0.05) is 52.6 Å². The molecule has 0 atom stereocenters. The van der Waals surface area contributed by atoms with E-state index < -0.39 is 0 Å². The van der Waals surface area contributed by atoms with Crippen molar-refractivity contribution in [2.75, 3.05) is 4.43 Å². The molecule has 1 nitrogen and oxygen atoms in total. The van der Waals surface area contributed by atoms with Crippen LogP contribution in [0.15, 0.2) is 35.2 Å². The quantitative estimate of drug-likeness (QED) is 0.470. The number of halogens is 1. The highest BCUT2D eigenvalue weighted by Crippen LogP contribution is 2.18. The maximum absolute atomic E-state index is 10.9. The predicted molar refractivity (Wildman–Crippen MR) is 56.2 cm³/mol. The van der Waals surface area contributed by atoms with Gasteiger partial charge >= 0.3 is 0 Å². The molecule has 0 N–H and O–H groups in total. The van der Waals surface area contributed by atoms with Gasteiger partial charge in [-0.05, 0) is 12.1 Å². The molecule has 0 bridgehead atoms. The Morgan fingerprint density at radius 1 is 1.36 bits per heavy atom. The Morgan fingerprint density at radius 3 is 2.55 bits per heavy atom. The first-order chi connectivity index (χ1) is 5.33. The highest BCUT2D eigenvalue weighted by Gasteiger charge is 1.99. The number of benzene rings is 1. The number of hydrogen-bond donors (Lipinski definition) is 0. The summed E-state index contributed by atoms with van der Waals surface area (Å²) in [5.41, 5.74) is 0. The zero-order valence-corrected chi connectivity index (χ0v) is 8.76. The van der Waals surface area contributed by atoms with Crippen LogP contribution in [0.4, 0.5) is 0 Å². The summed E-state index contributed by atoms with van der Waals surface area (Å²) >= 11 is 3.37. The van der Waals surface area contributed by atoms with Crippen LogP contribution >= 0.6 is 34.4 Å². The van der Waals surface area contributed by atoms with Crippen LogP contribution in [-0.2, 0) is 4.79 Å². The van der Waals surface area contributed by atoms with Crippen LogP contribution < -0.4 is 0 Å². The van der Waals surface area contributed by atoms with E-state index in [9.17, 15) is 4.79 Å². The third-order valence-electron chi connectivity index (χ3n) is 1.08. The van der Waals surface area contributed by atoms with Gasteiger partial charge < -0.3 is 0 Å². The lowest BCUT2D eigenvalue weighted by atomic mass is 10.4. The lowest BCUT2D eigenvalue weighted by Crippen LogP contribution is -1.89. The Morgan fingerprint density at radius 2 is 2.00 bits per heavy atom. The second-order valence-electron chi connectivity index (χ2n) is 1.92. The van der Waals surface area contributed by atoms with Gasteiger partial charge in [0.05, 0.1) is 4.43 Å². The molecule has 0 unspecified atom stereocenters. The minimum atomic E-state index is 0.205. The molecule has 0 amide bonds. The summed E-state index contributed by atoms with van der Waals surface area (Å²) in [6.45, 7) is 0. The first kappa shape index (κ1) is 9.06. The van der Waals surface area contributed by atoms with Crippen molar-refractivity contribution in [3.05, 3.63) is 30.3 Å². The summed E-state index contributed by atoms with van der Waals surface area (Å²) in [5, 5.41) is 0.205. The van der Waals surface area contributed by atoms with Crippen LogP contribution in [0.2, 0.25) is 0 Å². The van der Waals surface area contributed by atoms with Gasteiger partial charge in [-0.3, -0.25) is 4.79 Å². The summed E-state index contributed by atoms with van der Waals surface area (Å²) < 4.78 is 0.567. The molecule has 0 radical (unpaired) electrons. The number of alkyl halides is 1. The van der Waals surface area contributed by atoms with E-state index in [-0.39, 0.29) is 5.12 Å². The van der Waals surface area contributed by atoms with E-state index in [1.807, 2.05) is 30.3 Å². The second kappa shape index (κ2) is 4.77. The van der Waals surface area contributed by atoms with Gasteiger partial charge in [-0.25, -0.2) is 0 Å². The fourth-order valence-electron chi connectivity index (χ4n) is 0.647. The Hall–Kier alpha value is -0.0300. The monoisotopic (exact) mass is 278 g/mol. The summed E-state index contributed by atoms with van der Waals surface area (Å²) in [5.74, 6) is 0. The molecule has 0 saturated carbocycles. The summed E-state index contributed by atoms with van der Waals surface area (Å²) in [7, 11) is 0. The van der Waals surface area contributed by atoms with Gasteiger partial charge in [-0.2, -0.15) is 0 Å². The van der Waals surface area contributed by atoms with Crippen molar-refractivity contribution >= 4 is 39.5 Å². The molecule has 0 fully saturated rings. The van der Waals surface area contributed by atoms with Crippen molar-refractivity contribution in [2.45, 2.75) is 4.90 Å². The van der Waals surface area contributed by atoms with E-state index in [1.54, 1.807) is 0 Å². The molecule has 0 saturated heterocycles. The van der Waals surface area contributed by atoms with E-state index in [0.717, 1.165) is 4.90 Å². The molecule has 1 aromatic carbocycles. The summed E-state index contributed by atoms with van der Waals surface area (Å²) in [6, 6.07) is 9.69. The van der Waals surface area contributed by atoms with Crippen LogP contribution in [-0.4, -0.2) is 9.54 Å². The van der Waals surface area contributed by atoms with Crippen molar-refractivity contribution in [1.29, 1.82) is 0 Å². The largest absolute Gasteiger partial charge is 0.286 e. The van der Waals surface area contributed by atoms with E-state index in [1.165, 1.54) is 11.8 Å². The molecule has 11 heavy (non-hydrogen) atoms. The molecule has 0 aliphatic carbocycles. The van der Waals surface area contributed by atoms with Crippen LogP contribution in [0, 0.1) is 0 Å². The molecule has 0 heterocycles. The number of hydrogen-bond acceptors (Lipinski definition) is 2. The van der Waals surface area contributed by atoms with Crippen molar-refractivity contribution in [3.63, 3.8) is 0 Å². The van der Waals surface area contributed by atoms with E-state index in [0.29, 0.717) is 4.43 Å². The fourth-order valence-corrected chi connectivity index (χ4v) is 1.73. The van der Waals surface area contributed by atoms with Gasteiger partial charge in [0, 0.05) is 4.90 Å². The SMILES string of the molecule is O=C(CI)Sc1ccccc1. The topological polar surface area (TPSA) is 17.1 Å². The fraction of sp³-hybridized carbons (Fsp3) is 0.125. The highest BCUT2D eigenvalue weighted by atomic mass is 127. The first-order valence-corrected chi connectivity index (χ1v) is 5.49. The second-order valence-corrected chi connectivity index (χ2v) is 3.81. The third kappa shape index (κ3) is 3.25. The molecule has 0 aromatic heterocycles. The van der Waals surface area contributed by atoms with Crippen molar-refractivity contribution in [3.8, 4) is 0 Å². The minimum Gasteiger partial charge on any atom is -0.286 e. The van der Waals surface area contributed by atoms with Crippen LogP contribution in [0.1, 0.15) is 0 Å². The lowest BCUT2D eigenvalue weighted by Gasteiger charge is -1.94. The predicted octanol–water partition coefficient (Wildman–Crippen LogP) is 2.74. The molecule has 3 heteroatoms. The number of rotatable bonds is 2. The average molecular weight is 278 g/mol. The normalized spacial score (nSPS) is 9.55. The van der Waals surface area contributed by atoms with Gasteiger partial charge in [-0.15, -0.1) is 0 Å². The molecule has 1 aromatic rings. The molecule has 0 aliphatic heterocycles. The maximum Gasteiger partial charge on any atom is 0.203 e. The van der Waals surface area contributed by atoms with Crippen LogP contribution in [0.25, 0.3) is 0 Å². The standard InChI is InChI=1S/C8H7IOS/c9-6-8(10)11-7-4-2-1-3-5-7/h1-5H,6H2. The summed E-state index contributed by atoms with van der Waals surface area (Å²) in [6.07, 6.45) is 0. The number of carbonyl (C=O) groups excluding carboxylic acids is 1. The Kier molecular flexibility index (Phi) is 3.93. The third-order valence-corrected chi connectivity index (χ3v) is 3.17. The van der Waals surface area contributed by atoms with Crippen molar-refractivity contribution < 1.29 is 4.79 Å². The van der Waals surface area contributed by atoms with E-state index in [2.05, 4.69) is 22.6 Å². The smallest absolute Gasteiger partial charge is 0.203 e. The van der Waals surface area contributed by atoms with Crippen LogP contribution in [0.3, 0.4) is 0 Å². The molecule has 0 spiro atoms. The Balaban J connectivity index is 2.58. The minimum absolute atomic E-state index is 0.205. The Bertz CT molecular complexity index is 235. The zero-order chi connectivity index (χ0) is 8.10. The molecular formula is C8H7IOS. The van der Waals surface area contributed by atoms with E-state index >= 15 is 0 Å². The van der Waals surface area contributed by atoms with Gasteiger partial charge in [0.25, 0.3) is 0 Å². The number of thioether (sulfide) groups is 1. The molecule has 1 rings (SSSR count). The first-order valence-electron chi connectivity index (χ1n) is 3.14. The van der Waals surface area contributed by atoms with Gasteiger partial charge in [0.1, 0.15) is 0 Å². The maximum atomic E-state index is 10.9. The molecular weight excluding hydrogens is 271 g/mol. The highest BCUT2D eigenvalue weighted by molar-refractivity contribution is 14.1. The lowest BCUT2D eigenvalue weighted by molar-refractivity contribution is -0.108. The number of carbonyl (C=O) groups is 1. The van der Waals surface area contributed by atoms with Crippen molar-refractivity contribution in [2.24, 2.45) is 0 Å². The van der Waals surface area contributed by atoms with Crippen LogP contribution in [0.5, 0.6) is 0 Å². The van der Waals surface area contributed by atoms with E-state index in [4.69, 9.17) is 0 Å². The summed E-state index contributed by atoms with van der Waals surface area (Å²) in [4.78, 5) is 12.0. The van der Waals surface area contributed by atoms with Gasteiger partial charge in [0.15, 0.2) is 0 Å². The van der Waals surface area contributed by atoms with Gasteiger partial charge in [0.2, 0.25) is 5.12 Å². The molecule has 58 valence electrons. The average Bonchev–Trinajstić information content (AvgIpc) is 2.06. The zero-order valence-electron chi connectivity index (χ0n) is 5.79. The Labute approximate surface area is 83.7 Å². The van der Waals surface area contributed by atoms with Crippen molar-refractivity contribution in [1.82, 2.24) is 0 Å². The molecule has 0 aliphatic rings.